The molecule has 3 aliphatic rings. The van der Waals surface area contributed by atoms with E-state index in [1.165, 1.54) is 11.0 Å². The van der Waals surface area contributed by atoms with Crippen molar-refractivity contribution in [3.63, 3.8) is 0 Å². The predicted molar refractivity (Wildman–Crippen MR) is 129 cm³/mol. The number of benzene rings is 1. The number of carbonyl (C=O) groups is 3. The molecule has 0 amide bonds. The summed E-state index contributed by atoms with van der Waals surface area (Å²) in [5.74, 6) is -5.64. The summed E-state index contributed by atoms with van der Waals surface area (Å²) in [6, 6.07) is 2.12. The summed E-state index contributed by atoms with van der Waals surface area (Å²) < 4.78 is 0. The van der Waals surface area contributed by atoms with Gasteiger partial charge in [0.2, 0.25) is 5.78 Å². The first-order valence-electron chi connectivity index (χ1n) is 11.5. The molecular formula is C26H30N2O7. The third kappa shape index (κ3) is 3.53. The molecule has 1 aromatic rings. The van der Waals surface area contributed by atoms with Crippen molar-refractivity contribution in [3.8, 4) is 5.75 Å². The van der Waals surface area contributed by atoms with Crippen LogP contribution in [0.2, 0.25) is 0 Å². The van der Waals surface area contributed by atoms with Gasteiger partial charge in [-0.2, -0.15) is 0 Å². The average Bonchev–Trinajstić information content (AvgIpc) is 2.77. The van der Waals surface area contributed by atoms with E-state index >= 15 is 0 Å². The van der Waals surface area contributed by atoms with E-state index in [1.54, 1.807) is 27.2 Å². The maximum Gasteiger partial charge on any atom is 0.202 e. The Morgan fingerprint density at radius 1 is 1.23 bits per heavy atom. The van der Waals surface area contributed by atoms with Crippen LogP contribution in [0.15, 0.2) is 35.1 Å². The van der Waals surface area contributed by atoms with Crippen LogP contribution in [0, 0.1) is 11.8 Å². The lowest BCUT2D eigenvalue weighted by Crippen LogP contribution is -2.65. The van der Waals surface area contributed by atoms with Gasteiger partial charge in [0.1, 0.15) is 22.8 Å². The number of phenols is 1. The zero-order valence-electron chi connectivity index (χ0n) is 20.1. The highest BCUT2D eigenvalue weighted by Crippen LogP contribution is 2.53. The molecule has 35 heavy (non-hydrogen) atoms. The van der Waals surface area contributed by atoms with Crippen LogP contribution in [0.1, 0.15) is 30.0 Å². The quantitative estimate of drug-likeness (QED) is 0.392. The van der Waals surface area contributed by atoms with E-state index < -0.39 is 57.9 Å². The van der Waals surface area contributed by atoms with Crippen LogP contribution in [0.25, 0.3) is 11.8 Å². The highest BCUT2D eigenvalue weighted by molar-refractivity contribution is 6.25. The molecule has 0 bridgehead atoms. The molecular weight excluding hydrogens is 452 g/mol. The highest BCUT2D eigenvalue weighted by Gasteiger charge is 2.63. The zero-order chi connectivity index (χ0) is 25.8. The standard InChI is InChI=1S/C26H30N2O7/c1-12(29)18-23(32)21(28(3)4)16-11-14-10-15-13(6-5-9-27-2)7-8-17(30)20(15)22(31)19(14)25(34)26(16,35)24(18)33/h5-8,14,16,21,27,30-31,33,35H,9-11H2,1-4H3/b6-5+/t14-,16-,21-,26+/m0/s1. The number of aliphatic hydroxyl groups excluding tert-OH is 2. The molecule has 0 saturated heterocycles. The number of Topliss-reactive ketones (excluding diaryl/α,β-unsaturated/α-hetero) is 3. The van der Waals surface area contributed by atoms with Gasteiger partial charge < -0.3 is 25.7 Å². The molecule has 4 atom stereocenters. The van der Waals surface area contributed by atoms with Crippen molar-refractivity contribution >= 4 is 29.2 Å². The van der Waals surface area contributed by atoms with Crippen molar-refractivity contribution in [1.29, 1.82) is 0 Å². The number of nitrogens with zero attached hydrogens (tertiary/aromatic N) is 1. The molecule has 9 heteroatoms. The lowest BCUT2D eigenvalue weighted by Gasteiger charge is -2.50. The molecule has 3 aliphatic carbocycles. The average molecular weight is 483 g/mol. The number of aromatic hydroxyl groups is 1. The molecule has 0 aliphatic heterocycles. The Morgan fingerprint density at radius 3 is 2.51 bits per heavy atom. The Balaban J connectivity index is 1.94. The Kier molecular flexibility index (Phi) is 6.21. The number of rotatable bonds is 5. The largest absolute Gasteiger partial charge is 0.508 e. The van der Waals surface area contributed by atoms with Crippen LogP contribution in [0.3, 0.4) is 0 Å². The molecule has 0 unspecified atom stereocenters. The first-order valence-corrected chi connectivity index (χ1v) is 11.5. The molecule has 0 aromatic heterocycles. The van der Waals surface area contributed by atoms with Gasteiger partial charge in [0, 0.05) is 18.0 Å². The van der Waals surface area contributed by atoms with E-state index in [-0.39, 0.29) is 29.7 Å². The number of aliphatic hydroxyl groups is 3. The van der Waals surface area contributed by atoms with Crippen molar-refractivity contribution in [2.24, 2.45) is 11.8 Å². The summed E-state index contributed by atoms with van der Waals surface area (Å²) in [4.78, 5) is 40.7. The second kappa shape index (κ2) is 8.75. The maximum atomic E-state index is 13.8. The number of ketones is 3. The number of nitrogens with one attached hydrogen (secondary N) is 1. The normalized spacial score (nSPS) is 28.5. The molecule has 5 N–H and O–H groups in total. The molecule has 9 nitrogen and oxygen atoms in total. The summed E-state index contributed by atoms with van der Waals surface area (Å²) >= 11 is 0. The van der Waals surface area contributed by atoms with Crippen molar-refractivity contribution in [1.82, 2.24) is 10.2 Å². The van der Waals surface area contributed by atoms with Gasteiger partial charge in [0.05, 0.1) is 11.6 Å². The van der Waals surface area contributed by atoms with Gasteiger partial charge in [0.15, 0.2) is 17.2 Å². The lowest BCUT2D eigenvalue weighted by atomic mass is 9.57. The van der Waals surface area contributed by atoms with Gasteiger partial charge in [0.25, 0.3) is 0 Å². The predicted octanol–water partition coefficient (Wildman–Crippen LogP) is 1.30. The Bertz CT molecular complexity index is 1230. The monoisotopic (exact) mass is 482 g/mol. The van der Waals surface area contributed by atoms with Gasteiger partial charge in [-0.25, -0.2) is 0 Å². The number of likely N-dealkylation sites (N-methyl/N-ethyl adjacent to an activating group) is 2. The molecule has 0 radical (unpaired) electrons. The summed E-state index contributed by atoms with van der Waals surface area (Å²) in [7, 11) is 5.02. The molecule has 1 aromatic carbocycles. The zero-order valence-corrected chi connectivity index (χ0v) is 20.1. The molecule has 1 saturated carbocycles. The van der Waals surface area contributed by atoms with Crippen LogP contribution < -0.4 is 5.32 Å². The van der Waals surface area contributed by atoms with Crippen LogP contribution in [-0.4, -0.2) is 82.0 Å². The lowest BCUT2D eigenvalue weighted by molar-refractivity contribution is -0.153. The van der Waals surface area contributed by atoms with Gasteiger partial charge in [-0.3, -0.25) is 19.3 Å². The molecule has 1 fully saturated rings. The second-order valence-corrected chi connectivity index (χ2v) is 9.64. The van der Waals surface area contributed by atoms with E-state index in [1.807, 2.05) is 12.2 Å². The van der Waals surface area contributed by atoms with Crippen LogP contribution in [0.5, 0.6) is 5.75 Å². The summed E-state index contributed by atoms with van der Waals surface area (Å²) in [6.07, 6.45) is 4.12. The molecule has 4 rings (SSSR count). The fourth-order valence-electron chi connectivity index (χ4n) is 5.83. The van der Waals surface area contributed by atoms with E-state index in [0.717, 1.165) is 12.5 Å². The highest BCUT2D eigenvalue weighted by atomic mass is 16.3. The van der Waals surface area contributed by atoms with Gasteiger partial charge in [-0.1, -0.05) is 18.2 Å². The first kappa shape index (κ1) is 24.8. The topological polar surface area (TPSA) is 147 Å². The summed E-state index contributed by atoms with van der Waals surface area (Å²) in [5, 5.41) is 47.3. The van der Waals surface area contributed by atoms with E-state index in [2.05, 4.69) is 5.32 Å². The fourth-order valence-corrected chi connectivity index (χ4v) is 5.83. The SMILES string of the molecule is CNC/C=C/c1ccc(O)c2c1C[C@H]1C[C@H]3[C@H](N(C)C)C(=O)C(C(C)=O)=C(O)[C@@]3(O)C(=O)C1=C2O. The van der Waals surface area contributed by atoms with Crippen LogP contribution in [-0.2, 0) is 20.8 Å². The summed E-state index contributed by atoms with van der Waals surface area (Å²) in [6.45, 7) is 1.70. The minimum absolute atomic E-state index is 0.0975. The number of fused-ring (bicyclic) bond motifs is 3. The molecule has 186 valence electrons. The third-order valence-corrected chi connectivity index (χ3v) is 7.37. The number of phenolic OH excluding ortho intramolecular Hbond substituents is 1. The Morgan fingerprint density at radius 2 is 1.91 bits per heavy atom. The minimum Gasteiger partial charge on any atom is -0.508 e. The summed E-state index contributed by atoms with van der Waals surface area (Å²) in [5.41, 5.74) is -1.77. The first-order chi connectivity index (χ1) is 16.5. The number of hydrogen-bond donors (Lipinski definition) is 5. The van der Waals surface area contributed by atoms with Gasteiger partial charge >= 0.3 is 0 Å². The van der Waals surface area contributed by atoms with E-state index in [4.69, 9.17) is 0 Å². The van der Waals surface area contributed by atoms with Crippen molar-refractivity contribution in [2.75, 3.05) is 27.7 Å². The van der Waals surface area contributed by atoms with Gasteiger partial charge in [-0.15, -0.1) is 0 Å². The molecule has 0 heterocycles. The van der Waals surface area contributed by atoms with E-state index in [0.29, 0.717) is 12.1 Å². The van der Waals surface area contributed by atoms with Crippen molar-refractivity contribution in [3.05, 3.63) is 51.8 Å². The van der Waals surface area contributed by atoms with Crippen LogP contribution >= 0.6 is 0 Å². The Hall–Kier alpha value is -3.27. The Labute approximate surface area is 203 Å². The number of hydrogen-bond acceptors (Lipinski definition) is 9. The van der Waals surface area contributed by atoms with Crippen molar-refractivity contribution < 1.29 is 34.8 Å². The van der Waals surface area contributed by atoms with E-state index in [9.17, 15) is 34.8 Å². The number of carbonyl (C=O) groups excluding carboxylic acids is 3. The van der Waals surface area contributed by atoms with Crippen LogP contribution in [0.4, 0.5) is 0 Å². The van der Waals surface area contributed by atoms with Gasteiger partial charge in [-0.05, 0) is 64.0 Å². The molecule has 0 spiro atoms. The van der Waals surface area contributed by atoms with Crippen molar-refractivity contribution in [2.45, 2.75) is 31.4 Å². The third-order valence-electron chi connectivity index (χ3n) is 7.37. The maximum absolute atomic E-state index is 13.8. The fraction of sp³-hybridized carbons (Fsp3) is 0.423. The smallest absolute Gasteiger partial charge is 0.202 e. The second-order valence-electron chi connectivity index (χ2n) is 9.64. The minimum atomic E-state index is -2.55.